The molecule has 3 aliphatic rings. The van der Waals surface area contributed by atoms with Gasteiger partial charge in [-0.25, -0.2) is 0 Å². The summed E-state index contributed by atoms with van der Waals surface area (Å²) in [6, 6.07) is 3.93. The van der Waals surface area contributed by atoms with Crippen LogP contribution in [-0.4, -0.2) is 20.0 Å². The fourth-order valence-electron chi connectivity index (χ4n) is 6.44. The summed E-state index contributed by atoms with van der Waals surface area (Å²) in [5, 5.41) is 0. The summed E-state index contributed by atoms with van der Waals surface area (Å²) in [5.41, 5.74) is 1.05. The van der Waals surface area contributed by atoms with Crippen molar-refractivity contribution in [3.8, 4) is 11.5 Å². The number of hydrogen-bond acceptors (Lipinski definition) is 3. The van der Waals surface area contributed by atoms with Crippen LogP contribution in [0.2, 0.25) is 0 Å². The number of hydrogen-bond donors (Lipinski definition) is 0. The molecular formula is C22H27BrO3. The summed E-state index contributed by atoms with van der Waals surface area (Å²) >= 11 is 3.71. The lowest BCUT2D eigenvalue weighted by atomic mass is 9.41. The number of ketones is 1. The Balaban J connectivity index is 1.90. The Bertz CT molecular complexity index is 812. The molecule has 2 saturated carbocycles. The van der Waals surface area contributed by atoms with Gasteiger partial charge in [-0.15, -0.1) is 0 Å². The van der Waals surface area contributed by atoms with Crippen LogP contribution in [0.25, 0.3) is 0 Å². The Morgan fingerprint density at radius 2 is 1.73 bits per heavy atom. The van der Waals surface area contributed by atoms with Crippen molar-refractivity contribution in [1.29, 1.82) is 0 Å². The van der Waals surface area contributed by atoms with E-state index in [-0.39, 0.29) is 28.1 Å². The molecule has 3 nitrogen and oxygen atoms in total. The Morgan fingerprint density at radius 1 is 1.08 bits per heavy atom. The molecule has 2 fully saturated rings. The van der Waals surface area contributed by atoms with Crippen LogP contribution < -0.4 is 9.47 Å². The Labute approximate surface area is 164 Å². The van der Waals surface area contributed by atoms with E-state index >= 15 is 0 Å². The van der Waals surface area contributed by atoms with Gasteiger partial charge in [0.2, 0.25) is 0 Å². The van der Waals surface area contributed by atoms with E-state index in [4.69, 9.17) is 9.47 Å². The molecule has 0 aromatic heterocycles. The highest BCUT2D eigenvalue weighted by Gasteiger charge is 2.73. The van der Waals surface area contributed by atoms with Crippen LogP contribution in [0.3, 0.4) is 0 Å². The summed E-state index contributed by atoms with van der Waals surface area (Å²) in [5.74, 6) is 1.62. The molecule has 1 spiro atoms. The van der Waals surface area contributed by atoms with Gasteiger partial charge in [-0.3, -0.25) is 4.79 Å². The van der Waals surface area contributed by atoms with E-state index in [1.807, 2.05) is 12.1 Å². The fraction of sp³-hybridized carbons (Fsp3) is 0.591. The fourth-order valence-corrected chi connectivity index (χ4v) is 7.00. The first kappa shape index (κ1) is 18.1. The monoisotopic (exact) mass is 418 g/mol. The summed E-state index contributed by atoms with van der Waals surface area (Å²) in [7, 11) is 3.28. The third-order valence-electron chi connectivity index (χ3n) is 7.65. The molecule has 0 radical (unpaired) electrons. The van der Waals surface area contributed by atoms with Crippen molar-refractivity contribution in [3.05, 3.63) is 34.3 Å². The highest BCUT2D eigenvalue weighted by molar-refractivity contribution is 9.10. The maximum absolute atomic E-state index is 13.6. The molecule has 0 saturated heterocycles. The minimum Gasteiger partial charge on any atom is -0.493 e. The standard InChI is InChI=1S/C22H27BrO3/c1-20(2)8-6-9-21(3)18(19(24)14-7-10-22(14,20)21)13-11-16(25-4)17(26-5)12-15(13)23/h7,10-12,14,18H,6,8-9H2,1-5H3/t14?,18-,21-,22?/m1/s1. The number of rotatable bonds is 3. The second kappa shape index (κ2) is 5.60. The summed E-state index contributed by atoms with van der Waals surface area (Å²) in [4.78, 5) is 13.6. The highest BCUT2D eigenvalue weighted by atomic mass is 79.9. The third-order valence-corrected chi connectivity index (χ3v) is 8.33. The van der Waals surface area contributed by atoms with Gasteiger partial charge < -0.3 is 9.47 Å². The van der Waals surface area contributed by atoms with Crippen LogP contribution in [0.15, 0.2) is 28.8 Å². The number of Topliss-reactive ketones (excluding diaryl/α,β-unsaturated/α-hetero) is 1. The maximum atomic E-state index is 13.6. The molecule has 1 aromatic carbocycles. The van der Waals surface area contributed by atoms with Gasteiger partial charge in [0, 0.05) is 15.8 Å². The molecule has 140 valence electrons. The van der Waals surface area contributed by atoms with E-state index in [0.29, 0.717) is 17.3 Å². The van der Waals surface area contributed by atoms with E-state index < -0.39 is 0 Å². The van der Waals surface area contributed by atoms with Gasteiger partial charge in [-0.2, -0.15) is 0 Å². The number of halogens is 1. The SMILES string of the molecule is COc1cc(Br)c([C@@H]2C(=O)C3C=CC34C(C)(C)CCC[C@]24C)cc1OC. The molecule has 0 amide bonds. The van der Waals surface area contributed by atoms with Crippen LogP contribution in [0.1, 0.15) is 51.5 Å². The van der Waals surface area contributed by atoms with Gasteiger partial charge in [0.15, 0.2) is 11.5 Å². The first-order chi connectivity index (χ1) is 12.2. The van der Waals surface area contributed by atoms with Gasteiger partial charge in [0.1, 0.15) is 5.78 Å². The smallest absolute Gasteiger partial charge is 0.161 e. The van der Waals surface area contributed by atoms with Crippen molar-refractivity contribution in [2.45, 2.75) is 46.0 Å². The zero-order valence-corrected chi connectivity index (χ0v) is 17.8. The lowest BCUT2D eigenvalue weighted by molar-refractivity contribution is -0.123. The van der Waals surface area contributed by atoms with E-state index in [1.165, 1.54) is 12.8 Å². The highest BCUT2D eigenvalue weighted by Crippen LogP contribution is 2.77. The molecular weight excluding hydrogens is 392 g/mol. The summed E-state index contributed by atoms with van der Waals surface area (Å²) < 4.78 is 11.9. The average molecular weight is 419 g/mol. The lowest BCUT2D eigenvalue weighted by Crippen LogP contribution is -2.56. The molecule has 3 aliphatic carbocycles. The normalized spacial score (nSPS) is 36.9. The number of carbonyl (C=O) groups excluding carboxylic acids is 1. The van der Waals surface area contributed by atoms with Gasteiger partial charge in [-0.1, -0.05) is 55.3 Å². The molecule has 26 heavy (non-hydrogen) atoms. The van der Waals surface area contributed by atoms with E-state index in [9.17, 15) is 4.79 Å². The van der Waals surface area contributed by atoms with Crippen LogP contribution >= 0.6 is 15.9 Å². The first-order valence-corrected chi connectivity index (χ1v) is 10.2. The predicted molar refractivity (Wildman–Crippen MR) is 106 cm³/mol. The van der Waals surface area contributed by atoms with Crippen molar-refractivity contribution < 1.29 is 14.3 Å². The van der Waals surface area contributed by atoms with Crippen molar-refractivity contribution >= 4 is 21.7 Å². The van der Waals surface area contributed by atoms with Gasteiger partial charge in [-0.05, 0) is 41.4 Å². The van der Waals surface area contributed by atoms with E-state index in [0.717, 1.165) is 16.5 Å². The Kier molecular flexibility index (Phi) is 3.90. The van der Waals surface area contributed by atoms with Crippen molar-refractivity contribution in [2.75, 3.05) is 14.2 Å². The number of ether oxygens (including phenoxy) is 2. The third kappa shape index (κ3) is 1.92. The van der Waals surface area contributed by atoms with Crippen molar-refractivity contribution in [3.63, 3.8) is 0 Å². The van der Waals surface area contributed by atoms with Crippen LogP contribution in [0, 0.1) is 22.2 Å². The van der Waals surface area contributed by atoms with Gasteiger partial charge in [0.25, 0.3) is 0 Å². The van der Waals surface area contributed by atoms with Crippen LogP contribution in [-0.2, 0) is 4.79 Å². The topological polar surface area (TPSA) is 35.5 Å². The molecule has 4 atom stereocenters. The van der Waals surface area contributed by atoms with Crippen molar-refractivity contribution in [2.24, 2.45) is 22.2 Å². The Morgan fingerprint density at radius 3 is 2.31 bits per heavy atom. The molecule has 0 aliphatic heterocycles. The zero-order chi connectivity index (χ0) is 18.9. The number of methoxy groups -OCH3 is 2. The zero-order valence-electron chi connectivity index (χ0n) is 16.2. The predicted octanol–water partition coefficient (Wildman–Crippen LogP) is 5.52. The summed E-state index contributed by atoms with van der Waals surface area (Å²) in [6.07, 6.45) is 7.91. The first-order valence-electron chi connectivity index (χ1n) is 9.38. The molecule has 4 rings (SSSR count). The minimum absolute atomic E-state index is 0.0350. The molecule has 4 heteroatoms. The molecule has 2 unspecified atom stereocenters. The van der Waals surface area contributed by atoms with E-state index in [1.54, 1.807) is 14.2 Å². The molecule has 0 heterocycles. The summed E-state index contributed by atoms with van der Waals surface area (Å²) in [6.45, 7) is 7.03. The van der Waals surface area contributed by atoms with Crippen LogP contribution in [0.5, 0.6) is 11.5 Å². The molecule has 0 N–H and O–H groups in total. The number of carbonyl (C=O) groups is 1. The second-order valence-corrected chi connectivity index (χ2v) is 9.78. The van der Waals surface area contributed by atoms with Crippen LogP contribution in [0.4, 0.5) is 0 Å². The maximum Gasteiger partial charge on any atom is 0.161 e. The average Bonchev–Trinajstić information content (AvgIpc) is 2.67. The van der Waals surface area contributed by atoms with Gasteiger partial charge in [0.05, 0.1) is 20.1 Å². The number of benzene rings is 1. The molecule has 0 bridgehead atoms. The second-order valence-electron chi connectivity index (χ2n) is 8.92. The Hall–Kier alpha value is -1.29. The van der Waals surface area contributed by atoms with E-state index in [2.05, 4.69) is 48.9 Å². The number of allylic oxidation sites excluding steroid dienone is 2. The quantitative estimate of drug-likeness (QED) is 0.605. The van der Waals surface area contributed by atoms with Gasteiger partial charge >= 0.3 is 0 Å². The van der Waals surface area contributed by atoms with Crippen molar-refractivity contribution in [1.82, 2.24) is 0 Å². The minimum atomic E-state index is -0.128. The molecule has 1 aromatic rings. The largest absolute Gasteiger partial charge is 0.493 e. The lowest BCUT2D eigenvalue weighted by Gasteiger charge is -2.62.